The van der Waals surface area contributed by atoms with Crippen LogP contribution in [0.15, 0.2) is 54.6 Å². The molecule has 5 rings (SSSR count). The third-order valence-electron chi connectivity index (χ3n) is 7.04. The van der Waals surface area contributed by atoms with Crippen LogP contribution in [0.1, 0.15) is 34.6 Å². The molecule has 2 aliphatic rings. The number of benzene rings is 2. The Balaban J connectivity index is 1.35. The van der Waals surface area contributed by atoms with Crippen molar-refractivity contribution in [2.24, 2.45) is 5.73 Å². The highest BCUT2D eigenvalue weighted by Gasteiger charge is 2.31. The molecule has 0 spiro atoms. The number of nitrogens with one attached hydrogen (secondary N) is 1. The summed E-state index contributed by atoms with van der Waals surface area (Å²) in [6.07, 6.45) is 0. The number of carbonyl (C=O) groups is 2. The van der Waals surface area contributed by atoms with Crippen molar-refractivity contribution in [1.82, 2.24) is 14.4 Å². The molecule has 36 heavy (non-hydrogen) atoms. The molecule has 188 valence electrons. The number of primary amides is 1. The minimum atomic E-state index is -0.599. The minimum absolute atomic E-state index is 0.223. The predicted octanol–water partition coefficient (Wildman–Crippen LogP) is 4.35. The fourth-order valence-electron chi connectivity index (χ4n) is 5.08. The van der Waals surface area contributed by atoms with E-state index in [0.717, 1.165) is 48.8 Å². The first-order valence-corrected chi connectivity index (χ1v) is 12.6. The van der Waals surface area contributed by atoms with E-state index in [0.29, 0.717) is 23.8 Å². The first-order valence-electron chi connectivity index (χ1n) is 12.2. The standard InChI is InChI=1S/C27H30ClN5O3/c1-18(31-12-14-36-15-13-31)20-8-5-9-21(16-20)30-27(35)32-10-11-33-22(17-32)23(26(29)34)24(28)25(33)19-6-3-2-4-7-19/h2-9,16,18H,10-15,17H2,1H3,(H2,29,34)(H,30,35). The number of halogens is 1. The largest absolute Gasteiger partial charge is 0.379 e. The third-order valence-corrected chi connectivity index (χ3v) is 7.41. The molecule has 2 aromatic carbocycles. The fraction of sp³-hybridized carbons (Fsp3) is 0.333. The van der Waals surface area contributed by atoms with Gasteiger partial charge >= 0.3 is 6.03 Å². The molecule has 3 heterocycles. The number of fused-ring (bicyclic) bond motifs is 1. The van der Waals surface area contributed by atoms with Gasteiger partial charge in [0.1, 0.15) is 0 Å². The average Bonchev–Trinajstić information content (AvgIpc) is 3.20. The van der Waals surface area contributed by atoms with E-state index in [2.05, 4.69) is 23.2 Å². The van der Waals surface area contributed by atoms with Gasteiger partial charge in [-0.25, -0.2) is 4.79 Å². The molecular formula is C27H30ClN5O3. The summed E-state index contributed by atoms with van der Waals surface area (Å²) in [6.45, 7) is 6.65. The summed E-state index contributed by atoms with van der Waals surface area (Å²) >= 11 is 6.67. The number of hydrogen-bond acceptors (Lipinski definition) is 4. The SMILES string of the molecule is CC(c1cccc(NC(=O)N2CCn3c(c(C(N)=O)c(Cl)c3-c3ccccc3)C2)c1)N1CCOCC1. The van der Waals surface area contributed by atoms with Crippen molar-refractivity contribution in [3.63, 3.8) is 0 Å². The molecule has 1 saturated heterocycles. The zero-order chi connectivity index (χ0) is 25.2. The highest BCUT2D eigenvalue weighted by molar-refractivity contribution is 6.36. The Bertz CT molecular complexity index is 1270. The van der Waals surface area contributed by atoms with Gasteiger partial charge in [0.2, 0.25) is 0 Å². The number of morpholine rings is 1. The second-order valence-corrected chi connectivity index (χ2v) is 9.55. The van der Waals surface area contributed by atoms with E-state index in [-0.39, 0.29) is 24.2 Å². The number of carbonyl (C=O) groups excluding carboxylic acids is 2. The fourth-order valence-corrected chi connectivity index (χ4v) is 5.50. The minimum Gasteiger partial charge on any atom is -0.379 e. The number of anilines is 1. The van der Waals surface area contributed by atoms with Crippen molar-refractivity contribution in [3.8, 4) is 11.3 Å². The quantitative estimate of drug-likeness (QED) is 0.537. The molecule has 9 heteroatoms. The van der Waals surface area contributed by atoms with Crippen LogP contribution in [0.5, 0.6) is 0 Å². The summed E-state index contributed by atoms with van der Waals surface area (Å²) in [5, 5.41) is 3.36. The van der Waals surface area contributed by atoms with Crippen LogP contribution in [0, 0.1) is 0 Å². The van der Waals surface area contributed by atoms with Crippen LogP contribution in [0.4, 0.5) is 10.5 Å². The monoisotopic (exact) mass is 507 g/mol. The third kappa shape index (κ3) is 4.72. The van der Waals surface area contributed by atoms with Gasteiger partial charge in [-0.2, -0.15) is 0 Å². The lowest BCUT2D eigenvalue weighted by atomic mass is 10.1. The van der Waals surface area contributed by atoms with Gasteiger partial charge in [-0.1, -0.05) is 54.1 Å². The van der Waals surface area contributed by atoms with Gasteiger partial charge in [-0.3, -0.25) is 9.69 Å². The number of ether oxygens (including phenoxy) is 1. The van der Waals surface area contributed by atoms with Crippen LogP contribution in [-0.4, -0.2) is 59.2 Å². The molecule has 1 atom stereocenters. The first kappa shape index (κ1) is 24.4. The Morgan fingerprint density at radius 2 is 1.78 bits per heavy atom. The first-order chi connectivity index (χ1) is 17.4. The Labute approximate surface area is 215 Å². The van der Waals surface area contributed by atoms with E-state index in [4.69, 9.17) is 22.1 Å². The topological polar surface area (TPSA) is 92.8 Å². The smallest absolute Gasteiger partial charge is 0.322 e. The second kappa shape index (κ2) is 10.3. The molecule has 2 aliphatic heterocycles. The van der Waals surface area contributed by atoms with E-state index >= 15 is 0 Å². The van der Waals surface area contributed by atoms with Crippen molar-refractivity contribution < 1.29 is 14.3 Å². The van der Waals surface area contributed by atoms with Crippen molar-refractivity contribution in [2.75, 3.05) is 38.2 Å². The van der Waals surface area contributed by atoms with Crippen LogP contribution in [-0.2, 0) is 17.8 Å². The maximum Gasteiger partial charge on any atom is 0.322 e. The molecule has 0 aliphatic carbocycles. The van der Waals surface area contributed by atoms with Gasteiger partial charge < -0.3 is 25.3 Å². The molecule has 8 nitrogen and oxygen atoms in total. The van der Waals surface area contributed by atoms with Crippen LogP contribution in [0.2, 0.25) is 5.02 Å². The van der Waals surface area contributed by atoms with Crippen molar-refractivity contribution in [2.45, 2.75) is 26.1 Å². The number of hydrogen-bond donors (Lipinski definition) is 2. The zero-order valence-corrected chi connectivity index (χ0v) is 21.0. The molecular weight excluding hydrogens is 478 g/mol. The van der Waals surface area contributed by atoms with E-state index in [9.17, 15) is 9.59 Å². The molecule has 3 N–H and O–H groups in total. The number of urea groups is 1. The van der Waals surface area contributed by atoms with Gasteiger partial charge in [0.05, 0.1) is 41.7 Å². The summed E-state index contributed by atoms with van der Waals surface area (Å²) < 4.78 is 7.47. The summed E-state index contributed by atoms with van der Waals surface area (Å²) in [6, 6.07) is 17.6. The van der Waals surface area contributed by atoms with Crippen LogP contribution in [0.25, 0.3) is 11.3 Å². The molecule has 1 fully saturated rings. The number of nitrogens with two attached hydrogens (primary N) is 1. The maximum atomic E-state index is 13.2. The summed E-state index contributed by atoms with van der Waals surface area (Å²) in [5.41, 5.74) is 10.2. The zero-order valence-electron chi connectivity index (χ0n) is 20.2. The Hall–Kier alpha value is -3.33. The van der Waals surface area contributed by atoms with Gasteiger partial charge in [0, 0.05) is 37.9 Å². The normalized spacial score (nSPS) is 16.9. The molecule has 1 aromatic heterocycles. The maximum absolute atomic E-state index is 13.2. The van der Waals surface area contributed by atoms with E-state index in [1.165, 1.54) is 0 Å². The molecule has 0 radical (unpaired) electrons. The van der Waals surface area contributed by atoms with Gasteiger partial charge in [-0.05, 0) is 30.2 Å². The Morgan fingerprint density at radius 3 is 2.50 bits per heavy atom. The average molecular weight is 508 g/mol. The predicted molar refractivity (Wildman–Crippen MR) is 140 cm³/mol. The Morgan fingerprint density at radius 1 is 1.03 bits per heavy atom. The lowest BCUT2D eigenvalue weighted by molar-refractivity contribution is 0.0199. The van der Waals surface area contributed by atoms with E-state index in [1.54, 1.807) is 4.90 Å². The van der Waals surface area contributed by atoms with Gasteiger partial charge in [0.25, 0.3) is 5.91 Å². The summed E-state index contributed by atoms with van der Waals surface area (Å²) in [5.74, 6) is -0.599. The van der Waals surface area contributed by atoms with E-state index in [1.807, 2.05) is 53.1 Å². The van der Waals surface area contributed by atoms with Crippen LogP contribution < -0.4 is 11.1 Å². The summed E-state index contributed by atoms with van der Waals surface area (Å²) in [4.78, 5) is 29.6. The highest BCUT2D eigenvalue weighted by Crippen LogP contribution is 2.38. The molecule has 3 aromatic rings. The lowest BCUT2D eigenvalue weighted by Crippen LogP contribution is -2.41. The lowest BCUT2D eigenvalue weighted by Gasteiger charge is -2.33. The van der Waals surface area contributed by atoms with Gasteiger partial charge in [0.15, 0.2) is 0 Å². The van der Waals surface area contributed by atoms with E-state index < -0.39 is 5.91 Å². The number of nitrogens with zero attached hydrogens (tertiary/aromatic N) is 3. The van der Waals surface area contributed by atoms with Crippen LogP contribution >= 0.6 is 11.6 Å². The van der Waals surface area contributed by atoms with Crippen molar-refractivity contribution in [1.29, 1.82) is 0 Å². The molecule has 3 amide bonds. The number of amides is 3. The number of rotatable bonds is 5. The van der Waals surface area contributed by atoms with Crippen molar-refractivity contribution >= 4 is 29.2 Å². The molecule has 1 unspecified atom stereocenters. The molecule has 0 saturated carbocycles. The highest BCUT2D eigenvalue weighted by atomic mass is 35.5. The van der Waals surface area contributed by atoms with Gasteiger partial charge in [-0.15, -0.1) is 0 Å². The molecule has 0 bridgehead atoms. The van der Waals surface area contributed by atoms with Crippen molar-refractivity contribution in [3.05, 3.63) is 76.4 Å². The summed E-state index contributed by atoms with van der Waals surface area (Å²) in [7, 11) is 0. The van der Waals surface area contributed by atoms with Crippen LogP contribution in [0.3, 0.4) is 0 Å². The number of aromatic nitrogens is 1. The Kier molecular flexibility index (Phi) is 7.00. The second-order valence-electron chi connectivity index (χ2n) is 9.17.